The summed E-state index contributed by atoms with van der Waals surface area (Å²) >= 11 is 7.37. The SMILES string of the molecule is O=C(Cc1csc(COc2ccc(Cl)cc2)n1)Nc1ccc(CCN2CCCC2)cc1. The highest BCUT2D eigenvalue weighted by molar-refractivity contribution is 7.09. The second kappa shape index (κ2) is 10.8. The van der Waals surface area contributed by atoms with Gasteiger partial charge in [-0.2, -0.15) is 0 Å². The minimum absolute atomic E-state index is 0.0692. The zero-order chi connectivity index (χ0) is 21.5. The molecule has 31 heavy (non-hydrogen) atoms. The third-order valence-corrected chi connectivity index (χ3v) is 6.39. The maximum atomic E-state index is 12.4. The molecule has 1 N–H and O–H groups in total. The number of carbonyl (C=O) groups excluding carboxylic acids is 1. The van der Waals surface area contributed by atoms with E-state index >= 15 is 0 Å². The molecule has 162 valence electrons. The first-order valence-corrected chi connectivity index (χ1v) is 11.8. The second-order valence-corrected chi connectivity index (χ2v) is 9.07. The Hall–Kier alpha value is -2.41. The van der Waals surface area contributed by atoms with Crippen molar-refractivity contribution in [2.45, 2.75) is 32.3 Å². The number of aromatic nitrogens is 1. The normalized spacial score (nSPS) is 14.0. The standard InChI is InChI=1S/C24H26ClN3O2S/c25-19-5-9-22(10-6-19)30-16-24-27-21(17-31-24)15-23(29)26-20-7-3-18(4-8-20)11-14-28-12-1-2-13-28/h3-10,17H,1-2,11-16H2,(H,26,29). The zero-order valence-corrected chi connectivity index (χ0v) is 18.9. The van der Waals surface area contributed by atoms with Gasteiger partial charge < -0.3 is 15.0 Å². The van der Waals surface area contributed by atoms with Crippen molar-refractivity contribution in [3.05, 3.63) is 75.2 Å². The van der Waals surface area contributed by atoms with Crippen LogP contribution in [0.3, 0.4) is 0 Å². The fourth-order valence-corrected chi connectivity index (χ4v) is 4.42. The highest BCUT2D eigenvalue weighted by Crippen LogP contribution is 2.19. The third-order valence-electron chi connectivity index (χ3n) is 5.27. The topological polar surface area (TPSA) is 54.5 Å². The number of thiazole rings is 1. The summed E-state index contributed by atoms with van der Waals surface area (Å²) in [6, 6.07) is 15.4. The Morgan fingerprint density at radius 2 is 1.84 bits per heavy atom. The summed E-state index contributed by atoms with van der Waals surface area (Å²) < 4.78 is 5.71. The van der Waals surface area contributed by atoms with Gasteiger partial charge in [-0.3, -0.25) is 4.79 Å². The Morgan fingerprint density at radius 1 is 1.10 bits per heavy atom. The van der Waals surface area contributed by atoms with Crippen LogP contribution < -0.4 is 10.1 Å². The van der Waals surface area contributed by atoms with E-state index in [1.165, 1.54) is 42.8 Å². The molecule has 1 aliphatic rings. The van der Waals surface area contributed by atoms with E-state index in [4.69, 9.17) is 16.3 Å². The molecule has 0 unspecified atom stereocenters. The first kappa shape index (κ1) is 21.8. The van der Waals surface area contributed by atoms with E-state index in [0.29, 0.717) is 11.6 Å². The molecular weight excluding hydrogens is 430 g/mol. The fraction of sp³-hybridized carbons (Fsp3) is 0.333. The van der Waals surface area contributed by atoms with E-state index in [1.807, 2.05) is 29.6 Å². The van der Waals surface area contributed by atoms with Crippen LogP contribution in [-0.4, -0.2) is 35.4 Å². The smallest absolute Gasteiger partial charge is 0.230 e. The number of anilines is 1. The van der Waals surface area contributed by atoms with Crippen LogP contribution in [0.1, 0.15) is 29.1 Å². The van der Waals surface area contributed by atoms with Crippen molar-refractivity contribution in [3.63, 3.8) is 0 Å². The summed E-state index contributed by atoms with van der Waals surface area (Å²) in [6.45, 7) is 3.92. The third kappa shape index (κ3) is 6.79. The van der Waals surface area contributed by atoms with Crippen LogP contribution in [0.2, 0.25) is 5.02 Å². The molecule has 1 fully saturated rings. The van der Waals surface area contributed by atoms with Gasteiger partial charge in [0, 0.05) is 22.6 Å². The average Bonchev–Trinajstić information content (AvgIpc) is 3.45. The van der Waals surface area contributed by atoms with Crippen molar-refractivity contribution in [3.8, 4) is 5.75 Å². The molecule has 3 aromatic rings. The summed E-state index contributed by atoms with van der Waals surface area (Å²) in [5.74, 6) is 0.669. The van der Waals surface area contributed by atoms with E-state index in [2.05, 4.69) is 27.3 Å². The maximum Gasteiger partial charge on any atom is 0.230 e. The van der Waals surface area contributed by atoms with Gasteiger partial charge in [-0.1, -0.05) is 23.7 Å². The Kier molecular flexibility index (Phi) is 7.57. The van der Waals surface area contributed by atoms with Gasteiger partial charge in [0.2, 0.25) is 5.91 Å². The van der Waals surface area contributed by atoms with E-state index in [9.17, 15) is 4.79 Å². The van der Waals surface area contributed by atoms with Gasteiger partial charge in [0.1, 0.15) is 17.4 Å². The average molecular weight is 456 g/mol. The number of rotatable bonds is 9. The number of amides is 1. The summed E-state index contributed by atoms with van der Waals surface area (Å²) in [5.41, 5.74) is 2.87. The van der Waals surface area contributed by atoms with Gasteiger partial charge in [0.25, 0.3) is 0 Å². The first-order chi connectivity index (χ1) is 15.1. The number of hydrogen-bond donors (Lipinski definition) is 1. The Balaban J connectivity index is 1.21. The molecule has 0 atom stereocenters. The minimum Gasteiger partial charge on any atom is -0.486 e. The number of likely N-dealkylation sites (tertiary alicyclic amines) is 1. The molecule has 0 aliphatic carbocycles. The molecule has 0 bridgehead atoms. The molecule has 0 spiro atoms. The van der Waals surface area contributed by atoms with E-state index in [0.717, 1.165) is 35.1 Å². The Labute approximate surface area is 192 Å². The van der Waals surface area contributed by atoms with Crippen molar-refractivity contribution in [2.75, 3.05) is 25.0 Å². The van der Waals surface area contributed by atoms with Crippen LogP contribution in [0, 0.1) is 0 Å². The van der Waals surface area contributed by atoms with Crippen molar-refractivity contribution < 1.29 is 9.53 Å². The summed E-state index contributed by atoms with van der Waals surface area (Å²) in [6.07, 6.45) is 3.93. The number of halogens is 1. The van der Waals surface area contributed by atoms with E-state index in [1.54, 1.807) is 12.1 Å². The molecule has 1 amide bonds. The molecule has 1 saturated heterocycles. The number of nitrogens with one attached hydrogen (secondary N) is 1. The Bertz CT molecular complexity index is 983. The van der Waals surface area contributed by atoms with Gasteiger partial charge in [-0.05, 0) is 74.3 Å². The van der Waals surface area contributed by atoms with Gasteiger partial charge in [-0.25, -0.2) is 4.98 Å². The van der Waals surface area contributed by atoms with Gasteiger partial charge >= 0.3 is 0 Å². The lowest BCUT2D eigenvalue weighted by Gasteiger charge is -2.14. The first-order valence-electron chi connectivity index (χ1n) is 10.6. The molecule has 1 aromatic heterocycles. The largest absolute Gasteiger partial charge is 0.486 e. The lowest BCUT2D eigenvalue weighted by Crippen LogP contribution is -2.21. The number of ether oxygens (including phenoxy) is 1. The number of hydrogen-bond acceptors (Lipinski definition) is 5. The van der Waals surface area contributed by atoms with Crippen molar-refractivity contribution in [2.24, 2.45) is 0 Å². The summed E-state index contributed by atoms with van der Waals surface area (Å²) in [7, 11) is 0. The predicted octanol–water partition coefficient (Wildman–Crippen LogP) is 5.20. The van der Waals surface area contributed by atoms with Crippen LogP contribution in [0.25, 0.3) is 0 Å². The lowest BCUT2D eigenvalue weighted by atomic mass is 10.1. The zero-order valence-electron chi connectivity index (χ0n) is 17.4. The van der Waals surface area contributed by atoms with Crippen molar-refractivity contribution in [1.29, 1.82) is 0 Å². The van der Waals surface area contributed by atoms with Crippen molar-refractivity contribution >= 4 is 34.5 Å². The monoisotopic (exact) mass is 455 g/mol. The molecule has 4 rings (SSSR count). The lowest BCUT2D eigenvalue weighted by molar-refractivity contribution is -0.115. The number of benzene rings is 2. The molecule has 5 nitrogen and oxygen atoms in total. The van der Waals surface area contributed by atoms with Crippen LogP contribution in [0.5, 0.6) is 5.75 Å². The Morgan fingerprint density at radius 3 is 2.58 bits per heavy atom. The molecule has 7 heteroatoms. The summed E-state index contributed by atoms with van der Waals surface area (Å²) in [4.78, 5) is 19.4. The van der Waals surface area contributed by atoms with Crippen LogP contribution in [0.15, 0.2) is 53.9 Å². The number of nitrogens with zero attached hydrogens (tertiary/aromatic N) is 2. The van der Waals surface area contributed by atoms with Gasteiger partial charge in [0.05, 0.1) is 12.1 Å². The van der Waals surface area contributed by atoms with Gasteiger partial charge in [0.15, 0.2) is 0 Å². The molecule has 1 aliphatic heterocycles. The van der Waals surface area contributed by atoms with Crippen LogP contribution in [-0.2, 0) is 24.2 Å². The maximum absolute atomic E-state index is 12.4. The van der Waals surface area contributed by atoms with E-state index in [-0.39, 0.29) is 12.3 Å². The second-order valence-electron chi connectivity index (χ2n) is 7.70. The highest BCUT2D eigenvalue weighted by Gasteiger charge is 2.11. The van der Waals surface area contributed by atoms with Crippen LogP contribution >= 0.6 is 22.9 Å². The molecule has 2 aromatic carbocycles. The summed E-state index contributed by atoms with van der Waals surface area (Å²) in [5, 5.41) is 6.37. The molecule has 0 saturated carbocycles. The molecular formula is C24H26ClN3O2S. The molecule has 2 heterocycles. The van der Waals surface area contributed by atoms with Gasteiger partial charge in [-0.15, -0.1) is 11.3 Å². The highest BCUT2D eigenvalue weighted by atomic mass is 35.5. The van der Waals surface area contributed by atoms with E-state index < -0.39 is 0 Å². The molecule has 0 radical (unpaired) electrons. The number of carbonyl (C=O) groups is 1. The van der Waals surface area contributed by atoms with Crippen LogP contribution in [0.4, 0.5) is 5.69 Å². The fourth-order valence-electron chi connectivity index (χ4n) is 3.59. The minimum atomic E-state index is -0.0692. The quantitative estimate of drug-likeness (QED) is 0.482. The predicted molar refractivity (Wildman–Crippen MR) is 126 cm³/mol. The van der Waals surface area contributed by atoms with Crippen molar-refractivity contribution in [1.82, 2.24) is 9.88 Å².